The van der Waals surface area contributed by atoms with Crippen molar-refractivity contribution in [3.8, 4) is 0 Å². The van der Waals surface area contributed by atoms with Gasteiger partial charge in [-0.25, -0.2) is 0 Å². The van der Waals surface area contributed by atoms with Crippen LogP contribution in [-0.2, 0) is 4.79 Å². The van der Waals surface area contributed by atoms with Gasteiger partial charge in [-0.2, -0.15) is 0 Å². The number of rotatable bonds is 5. The third-order valence-corrected chi connectivity index (χ3v) is 3.10. The van der Waals surface area contributed by atoms with Crippen LogP contribution >= 0.6 is 27.7 Å². The van der Waals surface area contributed by atoms with Crippen molar-refractivity contribution in [1.82, 2.24) is 10.2 Å². The number of nitrogens with one attached hydrogen (secondary N) is 1. The molecule has 1 heterocycles. The maximum atomic E-state index is 11.3. The van der Waals surface area contributed by atoms with E-state index >= 15 is 0 Å². The Labute approximate surface area is 102 Å². The highest BCUT2D eigenvalue weighted by Crippen LogP contribution is 2.16. The molecule has 1 saturated heterocycles. The molecule has 4 nitrogen and oxygen atoms in total. The normalized spacial score (nSPS) is 15.5. The lowest BCUT2D eigenvalue weighted by molar-refractivity contribution is -0.121. The van der Waals surface area contributed by atoms with Gasteiger partial charge in [0.2, 0.25) is 5.91 Å². The van der Waals surface area contributed by atoms with E-state index in [1.165, 1.54) is 11.8 Å². The lowest BCUT2D eigenvalue weighted by Crippen LogP contribution is -2.31. The Balaban J connectivity index is 2.16. The van der Waals surface area contributed by atoms with Gasteiger partial charge in [0.25, 0.3) is 5.24 Å². The van der Waals surface area contributed by atoms with Crippen LogP contribution in [0.25, 0.3) is 0 Å². The van der Waals surface area contributed by atoms with Gasteiger partial charge in [-0.05, 0) is 0 Å². The van der Waals surface area contributed by atoms with Crippen molar-refractivity contribution in [1.29, 1.82) is 0 Å². The molecule has 84 valence electrons. The summed E-state index contributed by atoms with van der Waals surface area (Å²) in [5, 5.41) is 2.77. The van der Waals surface area contributed by atoms with Crippen molar-refractivity contribution in [2.24, 2.45) is 0 Å². The molecule has 0 unspecified atom stereocenters. The zero-order chi connectivity index (χ0) is 11.3. The zero-order valence-corrected chi connectivity index (χ0v) is 10.7. The van der Waals surface area contributed by atoms with Crippen molar-refractivity contribution in [3.05, 3.63) is 11.1 Å². The van der Waals surface area contributed by atoms with Crippen LogP contribution in [0.1, 0.15) is 6.42 Å². The van der Waals surface area contributed by atoms with Gasteiger partial charge in [0.05, 0.1) is 0 Å². The van der Waals surface area contributed by atoms with Crippen molar-refractivity contribution >= 4 is 38.8 Å². The van der Waals surface area contributed by atoms with Gasteiger partial charge in [0.15, 0.2) is 0 Å². The lowest BCUT2D eigenvalue weighted by Gasteiger charge is -2.13. The molecule has 0 aromatic heterocycles. The monoisotopic (exact) mass is 292 g/mol. The molecular weight excluding hydrogens is 280 g/mol. The summed E-state index contributed by atoms with van der Waals surface area (Å²) in [6, 6.07) is 0. The quantitative estimate of drug-likeness (QED) is 0.837. The summed E-state index contributed by atoms with van der Waals surface area (Å²) in [7, 11) is 0. The molecule has 6 heteroatoms. The number of thioether (sulfide) groups is 1. The maximum absolute atomic E-state index is 11.3. The summed E-state index contributed by atoms with van der Waals surface area (Å²) < 4.78 is 0.739. The number of hydrogen-bond acceptors (Lipinski definition) is 3. The lowest BCUT2D eigenvalue weighted by atomic mass is 10.3. The Bertz CT molecular complexity index is 283. The molecule has 0 aromatic rings. The molecule has 1 fully saturated rings. The van der Waals surface area contributed by atoms with Crippen molar-refractivity contribution in [3.63, 3.8) is 0 Å². The third-order valence-electron chi connectivity index (χ3n) is 1.93. The van der Waals surface area contributed by atoms with E-state index in [1.807, 2.05) is 0 Å². The topological polar surface area (TPSA) is 49.4 Å². The molecule has 0 radical (unpaired) electrons. The van der Waals surface area contributed by atoms with Crippen molar-refractivity contribution in [2.45, 2.75) is 6.42 Å². The van der Waals surface area contributed by atoms with E-state index in [0.717, 1.165) is 16.8 Å². The average molecular weight is 293 g/mol. The predicted molar refractivity (Wildman–Crippen MR) is 65.1 cm³/mol. The molecule has 15 heavy (non-hydrogen) atoms. The van der Waals surface area contributed by atoms with Crippen LogP contribution in [0.2, 0.25) is 0 Å². The van der Waals surface area contributed by atoms with E-state index in [2.05, 4.69) is 27.8 Å². The van der Waals surface area contributed by atoms with E-state index in [-0.39, 0.29) is 11.1 Å². The fourth-order valence-electron chi connectivity index (χ4n) is 1.15. The number of halogens is 1. The van der Waals surface area contributed by atoms with Crippen LogP contribution < -0.4 is 5.32 Å². The first-order chi connectivity index (χ1) is 7.09. The largest absolute Gasteiger partial charge is 0.351 e. The van der Waals surface area contributed by atoms with Gasteiger partial charge in [0, 0.05) is 36.3 Å². The Morgan fingerprint density at radius 3 is 2.93 bits per heavy atom. The molecule has 1 aliphatic rings. The van der Waals surface area contributed by atoms with Gasteiger partial charge < -0.3 is 10.2 Å². The summed E-state index contributed by atoms with van der Waals surface area (Å²) in [6.45, 7) is 5.30. The zero-order valence-electron chi connectivity index (χ0n) is 8.29. The van der Waals surface area contributed by atoms with Gasteiger partial charge >= 0.3 is 0 Å². The Kier molecular flexibility index (Phi) is 5.17. The highest BCUT2D eigenvalue weighted by Gasteiger charge is 2.21. The van der Waals surface area contributed by atoms with Crippen LogP contribution in [0.15, 0.2) is 11.1 Å². The van der Waals surface area contributed by atoms with E-state index < -0.39 is 0 Å². The molecule has 1 aliphatic heterocycles. The highest BCUT2D eigenvalue weighted by atomic mass is 79.9. The summed E-state index contributed by atoms with van der Waals surface area (Å²) in [6.07, 6.45) is 0.354. The van der Waals surface area contributed by atoms with Crippen LogP contribution in [0, 0.1) is 0 Å². The molecule has 0 aliphatic carbocycles. The molecule has 0 bridgehead atoms. The number of hydrogen-bond donors (Lipinski definition) is 1. The molecule has 1 rings (SSSR count). The van der Waals surface area contributed by atoms with Gasteiger partial charge in [-0.3, -0.25) is 9.59 Å². The molecule has 0 aromatic carbocycles. The van der Waals surface area contributed by atoms with Gasteiger partial charge in [-0.15, -0.1) is 0 Å². The van der Waals surface area contributed by atoms with Gasteiger partial charge in [0.1, 0.15) is 0 Å². The fourth-order valence-corrected chi connectivity index (χ4v) is 2.14. The summed E-state index contributed by atoms with van der Waals surface area (Å²) >= 11 is 4.46. The first-order valence-corrected chi connectivity index (χ1v) is 6.39. The van der Waals surface area contributed by atoms with E-state index in [0.29, 0.717) is 19.5 Å². The molecule has 2 amide bonds. The second-order valence-corrected chi connectivity index (χ2v) is 5.31. The molecule has 0 saturated carbocycles. The summed E-state index contributed by atoms with van der Waals surface area (Å²) in [5.74, 6) is 0.777. The molecule has 0 spiro atoms. The smallest absolute Gasteiger partial charge is 0.281 e. The third kappa shape index (κ3) is 4.70. The standard InChI is InChI=1S/C9H13BrN2O2S/c1-7(10)6-11-8(13)2-3-12-4-5-15-9(12)14/h1-6H2,(H,11,13). The van der Waals surface area contributed by atoms with Crippen LogP contribution in [-0.4, -0.2) is 41.4 Å². The highest BCUT2D eigenvalue weighted by molar-refractivity contribution is 9.11. The summed E-state index contributed by atoms with van der Waals surface area (Å²) in [5.41, 5.74) is 0. The van der Waals surface area contributed by atoms with E-state index in [4.69, 9.17) is 0 Å². The number of nitrogens with zero attached hydrogens (tertiary/aromatic N) is 1. The summed E-state index contributed by atoms with van der Waals surface area (Å²) in [4.78, 5) is 24.2. The number of carbonyl (C=O) groups is 2. The first kappa shape index (κ1) is 12.6. The minimum Gasteiger partial charge on any atom is -0.351 e. The molecular formula is C9H13BrN2O2S. The molecule has 1 N–H and O–H groups in total. The fraction of sp³-hybridized carbons (Fsp3) is 0.556. The first-order valence-electron chi connectivity index (χ1n) is 4.61. The predicted octanol–water partition coefficient (Wildman–Crippen LogP) is 1.57. The van der Waals surface area contributed by atoms with Crippen LogP contribution in [0.3, 0.4) is 0 Å². The van der Waals surface area contributed by atoms with Crippen LogP contribution in [0.4, 0.5) is 4.79 Å². The van der Waals surface area contributed by atoms with Crippen LogP contribution in [0.5, 0.6) is 0 Å². The van der Waals surface area contributed by atoms with Crippen molar-refractivity contribution < 1.29 is 9.59 Å². The van der Waals surface area contributed by atoms with E-state index in [1.54, 1.807) is 4.90 Å². The SMILES string of the molecule is C=C(Br)CNC(=O)CCN1CCSC1=O. The second kappa shape index (κ2) is 6.17. The second-order valence-electron chi connectivity index (χ2n) is 3.15. The average Bonchev–Trinajstić information content (AvgIpc) is 2.58. The van der Waals surface area contributed by atoms with Gasteiger partial charge in [-0.1, -0.05) is 34.3 Å². The molecule has 0 atom stereocenters. The minimum absolute atomic E-state index is 0.0553. The van der Waals surface area contributed by atoms with Crippen molar-refractivity contribution in [2.75, 3.05) is 25.4 Å². The van der Waals surface area contributed by atoms with E-state index in [9.17, 15) is 9.59 Å². The Morgan fingerprint density at radius 2 is 2.40 bits per heavy atom. The Morgan fingerprint density at radius 1 is 1.67 bits per heavy atom. The maximum Gasteiger partial charge on any atom is 0.281 e. The number of amides is 2. The Hall–Kier alpha value is -0.490. The minimum atomic E-state index is -0.0553. The number of carbonyl (C=O) groups excluding carboxylic acids is 2.